The van der Waals surface area contributed by atoms with Gasteiger partial charge in [0.25, 0.3) is 5.91 Å². The van der Waals surface area contributed by atoms with Gasteiger partial charge in [-0.3, -0.25) is 4.79 Å². The number of carbonyl (C=O) groups is 1. The molecule has 0 saturated carbocycles. The normalized spacial score (nSPS) is 15.5. The first kappa shape index (κ1) is 19.2. The monoisotopic (exact) mass is 372 g/mol. The molecular weight excluding hydrogens is 347 g/mol. The number of hydrogen-bond donors (Lipinski definition) is 0. The smallest absolute Gasteiger partial charge is 0.251 e. The molecule has 0 aliphatic carbocycles. The molecule has 1 amide bonds. The Bertz CT molecular complexity index is 776. The number of benzene rings is 2. The number of rotatable bonds is 6. The van der Waals surface area contributed by atoms with Crippen molar-refractivity contribution in [2.45, 2.75) is 19.6 Å². The third kappa shape index (κ3) is 4.77. The Morgan fingerprint density at radius 1 is 1.11 bits per heavy atom. The van der Waals surface area contributed by atoms with Crippen LogP contribution < -0.4 is 9.64 Å². The molecule has 1 heterocycles. The summed E-state index contributed by atoms with van der Waals surface area (Å²) in [6.45, 7) is 4.44. The van der Waals surface area contributed by atoms with Crippen LogP contribution in [-0.4, -0.2) is 50.2 Å². The van der Waals surface area contributed by atoms with Gasteiger partial charge in [0.1, 0.15) is 17.7 Å². The van der Waals surface area contributed by atoms with Crippen LogP contribution in [0.3, 0.4) is 0 Å². The Balaban J connectivity index is 1.50. The van der Waals surface area contributed by atoms with Crippen molar-refractivity contribution in [3.8, 4) is 5.75 Å². The fourth-order valence-electron chi connectivity index (χ4n) is 3.19. The van der Waals surface area contributed by atoms with E-state index in [-0.39, 0.29) is 11.7 Å². The molecule has 27 heavy (non-hydrogen) atoms. The highest BCUT2D eigenvalue weighted by molar-refractivity contribution is 5.80. The van der Waals surface area contributed by atoms with Gasteiger partial charge in [0.15, 0.2) is 0 Å². The van der Waals surface area contributed by atoms with E-state index in [0.29, 0.717) is 38.5 Å². The molecule has 0 N–H and O–H groups in total. The molecule has 0 unspecified atom stereocenters. The van der Waals surface area contributed by atoms with Crippen molar-refractivity contribution < 1.29 is 18.7 Å². The molecule has 1 fully saturated rings. The predicted molar refractivity (Wildman–Crippen MR) is 102 cm³/mol. The van der Waals surface area contributed by atoms with E-state index >= 15 is 0 Å². The molecule has 1 saturated heterocycles. The highest BCUT2D eigenvalue weighted by Gasteiger charge is 2.26. The van der Waals surface area contributed by atoms with Gasteiger partial charge in [-0.2, -0.15) is 0 Å². The molecule has 0 aromatic heterocycles. The summed E-state index contributed by atoms with van der Waals surface area (Å²) in [4.78, 5) is 16.4. The quantitative estimate of drug-likeness (QED) is 0.782. The molecule has 6 heteroatoms. The SMILES string of the molecule is COc1cccc(CO[C@H](C)C(=O)N2CCN(c3ccccc3F)CC2)c1. The number of amides is 1. The zero-order valence-corrected chi connectivity index (χ0v) is 15.7. The number of para-hydroxylation sites is 1. The Labute approximate surface area is 159 Å². The van der Waals surface area contributed by atoms with E-state index in [2.05, 4.69) is 0 Å². The summed E-state index contributed by atoms with van der Waals surface area (Å²) in [6.07, 6.45) is -0.531. The molecule has 1 aliphatic rings. The summed E-state index contributed by atoms with van der Waals surface area (Å²) in [5.41, 5.74) is 1.55. The van der Waals surface area contributed by atoms with Gasteiger partial charge in [0.05, 0.1) is 19.4 Å². The van der Waals surface area contributed by atoms with E-state index in [4.69, 9.17) is 9.47 Å². The third-order valence-electron chi connectivity index (χ3n) is 4.77. The first-order valence-electron chi connectivity index (χ1n) is 9.11. The van der Waals surface area contributed by atoms with Crippen LogP contribution in [0.25, 0.3) is 0 Å². The standard InChI is InChI=1S/C21H25FN2O3/c1-16(27-15-17-6-5-7-18(14-17)26-2)21(25)24-12-10-23(11-13-24)20-9-4-3-8-19(20)22/h3-9,14,16H,10-13,15H2,1-2H3/t16-/m1/s1. The van der Waals surface area contributed by atoms with Gasteiger partial charge in [0.2, 0.25) is 0 Å². The van der Waals surface area contributed by atoms with Crippen LogP contribution >= 0.6 is 0 Å². The molecule has 1 aliphatic heterocycles. The van der Waals surface area contributed by atoms with E-state index in [1.54, 1.807) is 31.1 Å². The largest absolute Gasteiger partial charge is 0.497 e. The van der Waals surface area contributed by atoms with Crippen LogP contribution in [0.15, 0.2) is 48.5 Å². The van der Waals surface area contributed by atoms with E-state index in [0.717, 1.165) is 11.3 Å². The third-order valence-corrected chi connectivity index (χ3v) is 4.77. The van der Waals surface area contributed by atoms with Crippen molar-refractivity contribution in [2.75, 3.05) is 38.2 Å². The fourth-order valence-corrected chi connectivity index (χ4v) is 3.19. The maximum Gasteiger partial charge on any atom is 0.251 e. The second-order valence-corrected chi connectivity index (χ2v) is 6.57. The van der Waals surface area contributed by atoms with Gasteiger partial charge in [-0.05, 0) is 36.8 Å². The van der Waals surface area contributed by atoms with E-state index in [1.165, 1.54) is 6.07 Å². The van der Waals surface area contributed by atoms with Gasteiger partial charge in [-0.25, -0.2) is 4.39 Å². The molecule has 2 aromatic carbocycles. The first-order chi connectivity index (χ1) is 13.1. The van der Waals surface area contributed by atoms with Crippen molar-refractivity contribution in [2.24, 2.45) is 0 Å². The lowest BCUT2D eigenvalue weighted by Crippen LogP contribution is -2.51. The number of piperazine rings is 1. The Hall–Kier alpha value is -2.60. The summed E-state index contributed by atoms with van der Waals surface area (Å²) in [5.74, 6) is 0.498. The molecule has 5 nitrogen and oxygen atoms in total. The van der Waals surface area contributed by atoms with Crippen molar-refractivity contribution in [1.29, 1.82) is 0 Å². The second-order valence-electron chi connectivity index (χ2n) is 6.57. The first-order valence-corrected chi connectivity index (χ1v) is 9.11. The number of carbonyl (C=O) groups excluding carboxylic acids is 1. The van der Waals surface area contributed by atoms with Crippen molar-refractivity contribution >= 4 is 11.6 Å². The van der Waals surface area contributed by atoms with E-state index in [1.807, 2.05) is 35.2 Å². The number of anilines is 1. The lowest BCUT2D eigenvalue weighted by Gasteiger charge is -2.37. The molecule has 3 rings (SSSR count). The van der Waals surface area contributed by atoms with Crippen molar-refractivity contribution in [1.82, 2.24) is 4.90 Å². The summed E-state index contributed by atoms with van der Waals surface area (Å²) in [7, 11) is 1.62. The number of methoxy groups -OCH3 is 1. The Morgan fingerprint density at radius 3 is 2.56 bits per heavy atom. The number of nitrogens with zero attached hydrogens (tertiary/aromatic N) is 2. The lowest BCUT2D eigenvalue weighted by molar-refractivity contribution is -0.143. The summed E-state index contributed by atoms with van der Waals surface area (Å²) < 4.78 is 24.9. The molecular formula is C21H25FN2O3. The topological polar surface area (TPSA) is 42.0 Å². The van der Waals surface area contributed by atoms with Crippen molar-refractivity contribution in [3.05, 3.63) is 59.9 Å². The van der Waals surface area contributed by atoms with Crippen molar-refractivity contribution in [3.63, 3.8) is 0 Å². The van der Waals surface area contributed by atoms with Gasteiger partial charge in [-0.15, -0.1) is 0 Å². The molecule has 1 atom stereocenters. The van der Waals surface area contributed by atoms with Gasteiger partial charge < -0.3 is 19.3 Å². The predicted octanol–water partition coefficient (Wildman–Crippen LogP) is 3.09. The molecule has 0 spiro atoms. The zero-order valence-electron chi connectivity index (χ0n) is 15.7. The highest BCUT2D eigenvalue weighted by atomic mass is 19.1. The van der Waals surface area contributed by atoms with Gasteiger partial charge >= 0.3 is 0 Å². The van der Waals surface area contributed by atoms with Crippen LogP contribution in [0.1, 0.15) is 12.5 Å². The van der Waals surface area contributed by atoms with Crippen LogP contribution in [0, 0.1) is 5.82 Å². The number of ether oxygens (including phenoxy) is 2. The Kier molecular flexibility index (Phi) is 6.29. The van der Waals surface area contributed by atoms with Crippen LogP contribution in [0.4, 0.5) is 10.1 Å². The molecule has 144 valence electrons. The lowest BCUT2D eigenvalue weighted by atomic mass is 10.2. The number of halogens is 1. The van der Waals surface area contributed by atoms with Crippen LogP contribution in [-0.2, 0) is 16.1 Å². The average Bonchev–Trinajstić information content (AvgIpc) is 2.72. The maximum absolute atomic E-state index is 13.9. The van der Waals surface area contributed by atoms with Gasteiger partial charge in [-0.1, -0.05) is 24.3 Å². The average molecular weight is 372 g/mol. The Morgan fingerprint density at radius 2 is 1.85 bits per heavy atom. The minimum absolute atomic E-state index is 0.0360. The van der Waals surface area contributed by atoms with E-state index in [9.17, 15) is 9.18 Å². The number of hydrogen-bond acceptors (Lipinski definition) is 4. The minimum atomic E-state index is -0.531. The van der Waals surface area contributed by atoms with Gasteiger partial charge in [0, 0.05) is 26.2 Å². The molecule has 0 bridgehead atoms. The minimum Gasteiger partial charge on any atom is -0.497 e. The highest BCUT2D eigenvalue weighted by Crippen LogP contribution is 2.20. The summed E-state index contributed by atoms with van der Waals surface area (Å²) >= 11 is 0. The van der Waals surface area contributed by atoms with E-state index < -0.39 is 6.10 Å². The second kappa shape index (κ2) is 8.86. The maximum atomic E-state index is 13.9. The molecule has 2 aromatic rings. The zero-order chi connectivity index (χ0) is 19.2. The van der Waals surface area contributed by atoms with Crippen LogP contribution in [0.2, 0.25) is 0 Å². The summed E-state index contributed by atoms with van der Waals surface area (Å²) in [6, 6.07) is 14.3. The summed E-state index contributed by atoms with van der Waals surface area (Å²) in [5, 5.41) is 0. The van der Waals surface area contributed by atoms with Crippen LogP contribution in [0.5, 0.6) is 5.75 Å². The fraction of sp³-hybridized carbons (Fsp3) is 0.381. The molecule has 0 radical (unpaired) electrons.